The normalized spacial score (nSPS) is 10.1. The van der Waals surface area contributed by atoms with Gasteiger partial charge in [0.15, 0.2) is 5.75 Å². The van der Waals surface area contributed by atoms with Gasteiger partial charge in [-0.25, -0.2) is 0 Å². The number of carbonyl (C=O) groups excluding carboxylic acids is 1. The van der Waals surface area contributed by atoms with Crippen LogP contribution in [0.15, 0.2) is 18.2 Å². The van der Waals surface area contributed by atoms with Crippen molar-refractivity contribution >= 4 is 11.6 Å². The lowest BCUT2D eigenvalue weighted by atomic mass is 10.1. The summed E-state index contributed by atoms with van der Waals surface area (Å²) in [6.45, 7) is 0.897. The van der Waals surface area contributed by atoms with E-state index in [0.29, 0.717) is 13.2 Å². The van der Waals surface area contributed by atoms with E-state index in [1.807, 2.05) is 0 Å². The number of likely N-dealkylation sites (N-methyl/N-ethyl adjacent to an activating group) is 1. The average Bonchev–Trinajstić information content (AvgIpc) is 2.38. The number of amides is 1. The first kappa shape index (κ1) is 14.9. The molecule has 0 bridgehead atoms. The van der Waals surface area contributed by atoms with Crippen molar-refractivity contribution in [3.63, 3.8) is 0 Å². The van der Waals surface area contributed by atoms with Crippen molar-refractivity contribution in [2.45, 2.75) is 0 Å². The number of nitro benzene ring substituents is 1. The molecule has 104 valence electrons. The molecular formula is C12H17N3O4. The molecule has 0 saturated heterocycles. The minimum atomic E-state index is -0.554. The summed E-state index contributed by atoms with van der Waals surface area (Å²) in [5.41, 5.74) is 0.0569. The van der Waals surface area contributed by atoms with E-state index in [2.05, 4.69) is 5.32 Å². The van der Waals surface area contributed by atoms with Crippen LogP contribution in [-0.4, -0.2) is 50.0 Å². The monoisotopic (exact) mass is 267 g/mol. The SMILES string of the molecule is CNCCOc1ccc(C(=O)N(C)C)cc1[N+](=O)[O-]. The molecule has 0 atom stereocenters. The predicted octanol–water partition coefficient (Wildman–Crippen LogP) is 0.895. The summed E-state index contributed by atoms with van der Waals surface area (Å²) in [4.78, 5) is 23.5. The highest BCUT2D eigenvalue weighted by Gasteiger charge is 2.19. The summed E-state index contributed by atoms with van der Waals surface area (Å²) in [6, 6.07) is 4.20. The van der Waals surface area contributed by atoms with Gasteiger partial charge in [0, 0.05) is 32.3 Å². The van der Waals surface area contributed by atoms with E-state index in [-0.39, 0.29) is 22.9 Å². The van der Waals surface area contributed by atoms with E-state index < -0.39 is 4.92 Å². The Labute approximate surface area is 111 Å². The molecule has 1 N–H and O–H groups in total. The summed E-state index contributed by atoms with van der Waals surface area (Å²) in [7, 11) is 4.94. The first-order chi connectivity index (χ1) is 8.97. The van der Waals surface area contributed by atoms with Crippen molar-refractivity contribution in [1.82, 2.24) is 10.2 Å². The van der Waals surface area contributed by atoms with Crippen LogP contribution in [0.1, 0.15) is 10.4 Å². The molecule has 0 heterocycles. The third-order valence-corrected chi connectivity index (χ3v) is 2.42. The molecule has 0 radical (unpaired) electrons. The zero-order valence-electron chi connectivity index (χ0n) is 11.2. The van der Waals surface area contributed by atoms with Gasteiger partial charge < -0.3 is 15.0 Å². The van der Waals surface area contributed by atoms with E-state index in [4.69, 9.17) is 4.74 Å². The maximum atomic E-state index is 11.7. The maximum absolute atomic E-state index is 11.7. The third-order valence-electron chi connectivity index (χ3n) is 2.42. The second-order valence-corrected chi connectivity index (χ2v) is 4.09. The van der Waals surface area contributed by atoms with E-state index >= 15 is 0 Å². The number of nitrogens with one attached hydrogen (secondary N) is 1. The molecule has 0 fully saturated rings. The molecule has 0 aliphatic rings. The smallest absolute Gasteiger partial charge is 0.311 e. The quantitative estimate of drug-likeness (QED) is 0.470. The summed E-state index contributed by atoms with van der Waals surface area (Å²) >= 11 is 0. The fraction of sp³-hybridized carbons (Fsp3) is 0.417. The van der Waals surface area contributed by atoms with Gasteiger partial charge in [0.05, 0.1) is 4.92 Å². The number of benzene rings is 1. The van der Waals surface area contributed by atoms with Crippen LogP contribution in [-0.2, 0) is 0 Å². The topological polar surface area (TPSA) is 84.7 Å². The van der Waals surface area contributed by atoms with Crippen molar-refractivity contribution in [3.05, 3.63) is 33.9 Å². The number of ether oxygens (including phenoxy) is 1. The van der Waals surface area contributed by atoms with Crippen LogP contribution in [0.3, 0.4) is 0 Å². The van der Waals surface area contributed by atoms with Gasteiger partial charge in [0.25, 0.3) is 5.91 Å². The van der Waals surface area contributed by atoms with Gasteiger partial charge in [-0.2, -0.15) is 0 Å². The number of hydrogen-bond donors (Lipinski definition) is 1. The van der Waals surface area contributed by atoms with Gasteiger partial charge in [-0.05, 0) is 19.2 Å². The summed E-state index contributed by atoms with van der Waals surface area (Å²) in [5.74, 6) is -0.125. The van der Waals surface area contributed by atoms with Crippen LogP contribution in [0.4, 0.5) is 5.69 Å². The molecule has 1 aromatic carbocycles. The molecular weight excluding hydrogens is 250 g/mol. The maximum Gasteiger partial charge on any atom is 0.311 e. The minimum Gasteiger partial charge on any atom is -0.485 e. The Morgan fingerprint density at radius 1 is 1.47 bits per heavy atom. The molecule has 1 aromatic rings. The Hall–Kier alpha value is -2.15. The fourth-order valence-electron chi connectivity index (χ4n) is 1.44. The van der Waals surface area contributed by atoms with Crippen LogP contribution in [0.25, 0.3) is 0 Å². The molecule has 0 aromatic heterocycles. The highest BCUT2D eigenvalue weighted by Crippen LogP contribution is 2.28. The average molecular weight is 267 g/mol. The lowest BCUT2D eigenvalue weighted by Crippen LogP contribution is -2.21. The van der Waals surface area contributed by atoms with Gasteiger partial charge in [-0.1, -0.05) is 0 Å². The summed E-state index contributed by atoms with van der Waals surface area (Å²) in [5, 5.41) is 13.9. The Balaban J connectivity index is 3.01. The molecule has 0 aliphatic heterocycles. The highest BCUT2D eigenvalue weighted by molar-refractivity contribution is 5.94. The van der Waals surface area contributed by atoms with E-state index in [0.717, 1.165) is 0 Å². The molecule has 19 heavy (non-hydrogen) atoms. The standard InChI is InChI=1S/C12H17N3O4/c1-13-6-7-19-11-5-4-9(12(16)14(2)3)8-10(11)15(17)18/h4-5,8,13H,6-7H2,1-3H3. The minimum absolute atomic E-state index is 0.163. The van der Waals surface area contributed by atoms with Gasteiger partial charge in [0.1, 0.15) is 6.61 Å². The van der Waals surface area contributed by atoms with Crippen LogP contribution in [0.2, 0.25) is 0 Å². The summed E-state index contributed by atoms with van der Waals surface area (Å²) < 4.78 is 5.30. The lowest BCUT2D eigenvalue weighted by molar-refractivity contribution is -0.385. The number of nitrogens with zero attached hydrogens (tertiary/aromatic N) is 2. The van der Waals surface area contributed by atoms with Crippen molar-refractivity contribution in [3.8, 4) is 5.75 Å². The van der Waals surface area contributed by atoms with Crippen molar-refractivity contribution < 1.29 is 14.5 Å². The van der Waals surface area contributed by atoms with E-state index in [1.165, 1.54) is 23.1 Å². The summed E-state index contributed by atoms with van der Waals surface area (Å²) in [6.07, 6.45) is 0. The van der Waals surface area contributed by atoms with Crippen LogP contribution < -0.4 is 10.1 Å². The van der Waals surface area contributed by atoms with Crippen molar-refractivity contribution in [2.24, 2.45) is 0 Å². The Morgan fingerprint density at radius 2 is 2.16 bits per heavy atom. The largest absolute Gasteiger partial charge is 0.485 e. The Bertz CT molecular complexity index is 474. The molecule has 1 rings (SSSR count). The van der Waals surface area contributed by atoms with E-state index in [1.54, 1.807) is 21.1 Å². The van der Waals surface area contributed by atoms with Gasteiger partial charge in [-0.15, -0.1) is 0 Å². The van der Waals surface area contributed by atoms with Crippen LogP contribution in [0, 0.1) is 10.1 Å². The predicted molar refractivity (Wildman–Crippen MR) is 70.5 cm³/mol. The molecule has 0 unspecified atom stereocenters. The molecule has 0 saturated carbocycles. The van der Waals surface area contributed by atoms with Crippen LogP contribution in [0.5, 0.6) is 5.75 Å². The van der Waals surface area contributed by atoms with Crippen molar-refractivity contribution in [2.75, 3.05) is 34.3 Å². The van der Waals surface area contributed by atoms with Gasteiger partial charge >= 0.3 is 5.69 Å². The third kappa shape index (κ3) is 3.92. The second kappa shape index (κ2) is 6.69. The first-order valence-electron chi connectivity index (χ1n) is 5.75. The second-order valence-electron chi connectivity index (χ2n) is 4.09. The fourth-order valence-corrected chi connectivity index (χ4v) is 1.44. The number of nitro groups is 1. The zero-order chi connectivity index (χ0) is 14.4. The number of rotatable bonds is 6. The van der Waals surface area contributed by atoms with Gasteiger partial charge in [-0.3, -0.25) is 14.9 Å². The molecule has 0 aliphatic carbocycles. The molecule has 1 amide bonds. The molecule has 7 heteroatoms. The number of carbonyl (C=O) groups is 1. The first-order valence-corrected chi connectivity index (χ1v) is 5.75. The lowest BCUT2D eigenvalue weighted by Gasteiger charge is -2.11. The van der Waals surface area contributed by atoms with E-state index in [9.17, 15) is 14.9 Å². The highest BCUT2D eigenvalue weighted by atomic mass is 16.6. The van der Waals surface area contributed by atoms with Crippen molar-refractivity contribution in [1.29, 1.82) is 0 Å². The Morgan fingerprint density at radius 3 is 2.68 bits per heavy atom. The van der Waals surface area contributed by atoms with Gasteiger partial charge in [0.2, 0.25) is 0 Å². The van der Waals surface area contributed by atoms with Crippen LogP contribution >= 0.6 is 0 Å². The zero-order valence-corrected chi connectivity index (χ0v) is 11.2. The Kier molecular flexibility index (Phi) is 5.25. The number of hydrogen-bond acceptors (Lipinski definition) is 5. The molecule has 7 nitrogen and oxygen atoms in total. The molecule has 0 spiro atoms.